The first kappa shape index (κ1) is 13.5. The van der Waals surface area contributed by atoms with Gasteiger partial charge < -0.3 is 9.84 Å². The molecule has 2 nitrogen and oxygen atoms in total. The fraction of sp³-hybridized carbons (Fsp3) is 0.200. The van der Waals surface area contributed by atoms with Crippen LogP contribution in [0.3, 0.4) is 0 Å². The van der Waals surface area contributed by atoms with Crippen LogP contribution in [0.15, 0.2) is 42.5 Å². The molecule has 0 radical (unpaired) electrons. The monoisotopic (exact) mass is 264 g/mol. The average Bonchev–Trinajstić information content (AvgIpc) is 2.41. The predicted octanol–water partition coefficient (Wildman–Crippen LogP) is 4.20. The number of aliphatic hydroxyl groups is 1. The quantitative estimate of drug-likeness (QED) is 0.896. The van der Waals surface area contributed by atoms with E-state index in [2.05, 4.69) is 0 Å². The van der Waals surface area contributed by atoms with E-state index in [0.717, 1.165) is 12.1 Å². The van der Waals surface area contributed by atoms with Gasteiger partial charge in [-0.25, -0.2) is 8.78 Å². The minimum absolute atomic E-state index is 0.0721. The van der Waals surface area contributed by atoms with Crippen molar-refractivity contribution in [3.63, 3.8) is 0 Å². The molecule has 0 aliphatic carbocycles. The molecule has 0 fully saturated rings. The van der Waals surface area contributed by atoms with E-state index < -0.39 is 17.7 Å². The molecule has 0 saturated carbocycles. The molecule has 0 bridgehead atoms. The Morgan fingerprint density at radius 1 is 1.11 bits per heavy atom. The Kier molecular flexibility index (Phi) is 4.12. The van der Waals surface area contributed by atoms with Crippen molar-refractivity contribution >= 4 is 0 Å². The first-order chi connectivity index (χ1) is 9.11. The highest BCUT2D eigenvalue weighted by atomic mass is 19.1. The zero-order valence-electron chi connectivity index (χ0n) is 10.4. The molecular weight excluding hydrogens is 250 g/mol. The molecule has 2 aromatic carbocycles. The van der Waals surface area contributed by atoms with E-state index in [4.69, 9.17) is 4.74 Å². The van der Waals surface area contributed by atoms with E-state index >= 15 is 0 Å². The summed E-state index contributed by atoms with van der Waals surface area (Å²) >= 11 is 0. The van der Waals surface area contributed by atoms with Gasteiger partial charge >= 0.3 is 0 Å². The van der Waals surface area contributed by atoms with Gasteiger partial charge in [-0.2, -0.15) is 0 Å². The van der Waals surface area contributed by atoms with Crippen molar-refractivity contribution in [3.05, 3.63) is 59.7 Å². The Morgan fingerprint density at radius 3 is 2.53 bits per heavy atom. The third-order valence-corrected chi connectivity index (χ3v) is 2.78. The summed E-state index contributed by atoms with van der Waals surface area (Å²) < 4.78 is 31.8. The number of hydrogen-bond donors (Lipinski definition) is 1. The topological polar surface area (TPSA) is 29.5 Å². The molecule has 2 rings (SSSR count). The Labute approximate surface area is 110 Å². The number of aliphatic hydroxyl groups excluding tert-OH is 1. The van der Waals surface area contributed by atoms with Gasteiger partial charge in [-0.05, 0) is 24.6 Å². The summed E-state index contributed by atoms with van der Waals surface area (Å²) in [5, 5.41) is 9.87. The highest BCUT2D eigenvalue weighted by molar-refractivity contribution is 5.39. The van der Waals surface area contributed by atoms with Gasteiger partial charge in [0.2, 0.25) is 0 Å². The third kappa shape index (κ3) is 3.09. The van der Waals surface area contributed by atoms with Crippen LogP contribution in [-0.4, -0.2) is 5.11 Å². The molecule has 1 unspecified atom stereocenters. The van der Waals surface area contributed by atoms with Crippen molar-refractivity contribution in [1.82, 2.24) is 0 Å². The Hall–Kier alpha value is -1.94. The first-order valence-electron chi connectivity index (χ1n) is 6.01. The number of hydrogen-bond acceptors (Lipinski definition) is 2. The zero-order valence-corrected chi connectivity index (χ0v) is 10.4. The molecule has 0 aliphatic heterocycles. The second-order valence-electron chi connectivity index (χ2n) is 4.14. The van der Waals surface area contributed by atoms with Gasteiger partial charge in [0.15, 0.2) is 11.6 Å². The molecule has 0 saturated heterocycles. The summed E-state index contributed by atoms with van der Waals surface area (Å²) in [6.45, 7) is 1.83. The van der Waals surface area contributed by atoms with Crippen molar-refractivity contribution in [3.8, 4) is 11.5 Å². The Morgan fingerprint density at radius 2 is 1.84 bits per heavy atom. The van der Waals surface area contributed by atoms with Crippen molar-refractivity contribution in [1.29, 1.82) is 0 Å². The molecule has 19 heavy (non-hydrogen) atoms. The summed E-state index contributed by atoms with van der Waals surface area (Å²) in [7, 11) is 0. The predicted molar refractivity (Wildman–Crippen MR) is 68.1 cm³/mol. The number of para-hydroxylation sites is 1. The van der Waals surface area contributed by atoms with Gasteiger partial charge in [-0.15, -0.1) is 0 Å². The summed E-state index contributed by atoms with van der Waals surface area (Å²) in [6.07, 6.45) is -0.161. The lowest BCUT2D eigenvalue weighted by atomic mass is 10.1. The van der Waals surface area contributed by atoms with Crippen LogP contribution < -0.4 is 4.74 Å². The fourth-order valence-electron chi connectivity index (χ4n) is 1.75. The smallest absolute Gasteiger partial charge is 0.168 e. The molecule has 1 atom stereocenters. The van der Waals surface area contributed by atoms with E-state index in [0.29, 0.717) is 17.7 Å². The normalized spacial score (nSPS) is 12.2. The highest BCUT2D eigenvalue weighted by Gasteiger charge is 2.13. The number of benzene rings is 2. The van der Waals surface area contributed by atoms with Crippen LogP contribution >= 0.6 is 0 Å². The molecule has 2 aromatic rings. The van der Waals surface area contributed by atoms with Crippen LogP contribution in [0.25, 0.3) is 0 Å². The standard InChI is InChI=1S/C15H14F2O2/c1-2-13(18)11-5-3-4-6-14(11)19-15-8-7-10(16)9-12(15)17/h3-9,13,18H,2H2,1H3. The van der Waals surface area contributed by atoms with Gasteiger partial charge in [0.1, 0.15) is 11.6 Å². The first-order valence-corrected chi connectivity index (χ1v) is 6.01. The molecular formula is C15H14F2O2. The molecule has 0 spiro atoms. The van der Waals surface area contributed by atoms with E-state index in [1.165, 1.54) is 6.07 Å². The van der Waals surface area contributed by atoms with E-state index in [-0.39, 0.29) is 5.75 Å². The van der Waals surface area contributed by atoms with E-state index in [1.54, 1.807) is 24.3 Å². The largest absolute Gasteiger partial charge is 0.454 e. The highest BCUT2D eigenvalue weighted by Crippen LogP contribution is 2.32. The molecule has 0 heterocycles. The maximum atomic E-state index is 13.5. The minimum atomic E-state index is -0.777. The van der Waals surface area contributed by atoms with Crippen molar-refractivity contribution in [2.24, 2.45) is 0 Å². The van der Waals surface area contributed by atoms with Crippen LogP contribution in [0.2, 0.25) is 0 Å². The van der Waals surface area contributed by atoms with Crippen LogP contribution in [0.4, 0.5) is 8.78 Å². The van der Waals surface area contributed by atoms with Crippen LogP contribution in [0, 0.1) is 11.6 Å². The number of halogens is 2. The van der Waals surface area contributed by atoms with Crippen molar-refractivity contribution < 1.29 is 18.6 Å². The van der Waals surface area contributed by atoms with Gasteiger partial charge in [0.05, 0.1) is 6.10 Å². The van der Waals surface area contributed by atoms with E-state index in [1.807, 2.05) is 6.92 Å². The number of ether oxygens (including phenoxy) is 1. The lowest BCUT2D eigenvalue weighted by molar-refractivity contribution is 0.170. The Bertz CT molecular complexity index is 570. The second kappa shape index (κ2) is 5.80. The molecule has 0 amide bonds. The maximum absolute atomic E-state index is 13.5. The molecule has 100 valence electrons. The average molecular weight is 264 g/mol. The molecule has 0 aliphatic rings. The van der Waals surface area contributed by atoms with Crippen molar-refractivity contribution in [2.45, 2.75) is 19.4 Å². The van der Waals surface area contributed by atoms with Crippen molar-refractivity contribution in [2.75, 3.05) is 0 Å². The van der Waals surface area contributed by atoms with E-state index in [9.17, 15) is 13.9 Å². The van der Waals surface area contributed by atoms with Gasteiger partial charge in [-0.1, -0.05) is 25.1 Å². The summed E-state index contributed by atoms with van der Waals surface area (Å²) in [5.41, 5.74) is 0.578. The zero-order chi connectivity index (χ0) is 13.8. The van der Waals surface area contributed by atoms with Gasteiger partial charge in [0.25, 0.3) is 0 Å². The lowest BCUT2D eigenvalue weighted by Gasteiger charge is -2.14. The molecule has 4 heteroatoms. The van der Waals surface area contributed by atoms with Gasteiger partial charge in [0, 0.05) is 11.6 Å². The molecule has 0 aromatic heterocycles. The number of rotatable bonds is 4. The van der Waals surface area contributed by atoms with Gasteiger partial charge in [-0.3, -0.25) is 0 Å². The third-order valence-electron chi connectivity index (χ3n) is 2.78. The lowest BCUT2D eigenvalue weighted by Crippen LogP contribution is -1.99. The minimum Gasteiger partial charge on any atom is -0.454 e. The maximum Gasteiger partial charge on any atom is 0.168 e. The second-order valence-corrected chi connectivity index (χ2v) is 4.14. The Balaban J connectivity index is 2.33. The summed E-state index contributed by atoms with van der Waals surface area (Å²) in [6, 6.07) is 9.94. The SMILES string of the molecule is CCC(O)c1ccccc1Oc1ccc(F)cc1F. The van der Waals surface area contributed by atoms with Crippen LogP contribution in [0.5, 0.6) is 11.5 Å². The summed E-state index contributed by atoms with van der Waals surface area (Å²) in [4.78, 5) is 0. The van der Waals surface area contributed by atoms with Crippen LogP contribution in [-0.2, 0) is 0 Å². The van der Waals surface area contributed by atoms with Crippen LogP contribution in [0.1, 0.15) is 25.0 Å². The molecule has 1 N–H and O–H groups in total. The summed E-state index contributed by atoms with van der Waals surface area (Å²) in [5.74, 6) is -1.15. The fourth-order valence-corrected chi connectivity index (χ4v) is 1.75.